The van der Waals surface area contributed by atoms with Crippen LogP contribution < -0.4 is 24.8 Å². The fraction of sp³-hybridized carbons (Fsp3) is 0.231. The van der Waals surface area contributed by atoms with E-state index in [0.717, 1.165) is 25.2 Å². The van der Waals surface area contributed by atoms with Gasteiger partial charge in [-0.1, -0.05) is 30.3 Å². The predicted molar refractivity (Wildman–Crippen MR) is 133 cm³/mol. The quantitative estimate of drug-likeness (QED) is 0.485. The monoisotopic (exact) mass is 523 g/mol. The summed E-state index contributed by atoms with van der Waals surface area (Å²) in [5.74, 6) is -5.20. The molecule has 1 aliphatic rings. The highest BCUT2D eigenvalue weighted by Crippen LogP contribution is 2.51. The third kappa shape index (κ3) is 4.41. The molecule has 1 unspecified atom stereocenters. The zero-order valence-corrected chi connectivity index (χ0v) is 21.2. The van der Waals surface area contributed by atoms with E-state index in [4.69, 9.17) is 29.4 Å². The highest BCUT2D eigenvalue weighted by Gasteiger charge is 2.45. The van der Waals surface area contributed by atoms with Crippen LogP contribution in [0.2, 0.25) is 0 Å². The molecule has 12 heteroatoms. The lowest BCUT2D eigenvalue weighted by Gasteiger charge is -2.37. The van der Waals surface area contributed by atoms with Crippen molar-refractivity contribution in [1.29, 1.82) is 5.26 Å². The molecule has 0 saturated carbocycles. The van der Waals surface area contributed by atoms with Crippen LogP contribution in [0.5, 0.6) is 17.2 Å². The van der Waals surface area contributed by atoms with Crippen molar-refractivity contribution in [2.75, 3.05) is 40.4 Å². The minimum Gasteiger partial charge on any atom is -0.493 e. The average molecular weight is 523 g/mol. The number of hydrogen-bond donors (Lipinski definition) is 2. The minimum absolute atomic E-state index is 0.00418. The van der Waals surface area contributed by atoms with Gasteiger partial charge in [0.15, 0.2) is 11.5 Å². The number of ether oxygens (including phenoxy) is 5. The lowest BCUT2D eigenvalue weighted by molar-refractivity contribution is -0.139. The van der Waals surface area contributed by atoms with E-state index in [0.29, 0.717) is 5.56 Å². The first-order valence-corrected chi connectivity index (χ1v) is 10.9. The van der Waals surface area contributed by atoms with Crippen molar-refractivity contribution in [3.8, 4) is 23.3 Å². The van der Waals surface area contributed by atoms with E-state index in [1.165, 1.54) is 21.3 Å². The van der Waals surface area contributed by atoms with Crippen LogP contribution in [0.1, 0.15) is 21.8 Å². The second-order valence-electron chi connectivity index (χ2n) is 7.68. The van der Waals surface area contributed by atoms with Crippen LogP contribution >= 0.6 is 0 Å². The number of carboxylic acid groups (broad SMARTS) is 1. The number of benzene rings is 2. The number of nitriles is 1. The van der Waals surface area contributed by atoms with Gasteiger partial charge < -0.3 is 34.5 Å². The summed E-state index contributed by atoms with van der Waals surface area (Å²) in [5, 5.41) is 20.3. The first kappa shape index (κ1) is 27.4. The normalized spacial score (nSPS) is 14.9. The molecule has 1 atom stereocenters. The van der Waals surface area contributed by atoms with Crippen LogP contribution in [-0.4, -0.2) is 58.6 Å². The first-order chi connectivity index (χ1) is 18.2. The molecule has 0 radical (unpaired) electrons. The third-order valence-corrected chi connectivity index (χ3v) is 5.87. The summed E-state index contributed by atoms with van der Waals surface area (Å²) < 4.78 is 26.2. The number of allylic oxidation sites excluding steroid dienone is 1. The minimum atomic E-state index is -1.46. The van der Waals surface area contributed by atoms with Crippen LogP contribution in [0.3, 0.4) is 0 Å². The summed E-state index contributed by atoms with van der Waals surface area (Å²) in [5.41, 5.74) is 5.27. The number of esters is 2. The summed E-state index contributed by atoms with van der Waals surface area (Å²) in [4.78, 5) is 39.9. The summed E-state index contributed by atoms with van der Waals surface area (Å²) in [6, 6.07) is 11.5. The molecule has 2 aromatic rings. The maximum absolute atomic E-state index is 13.3. The van der Waals surface area contributed by atoms with Gasteiger partial charge in [0.2, 0.25) is 5.75 Å². The van der Waals surface area contributed by atoms with E-state index in [-0.39, 0.29) is 39.9 Å². The maximum atomic E-state index is 13.3. The zero-order chi connectivity index (χ0) is 28.1. The Hall–Kier alpha value is -5.18. The number of nitrogens with zero attached hydrogens (tertiary/aromatic N) is 2. The smallest absolute Gasteiger partial charge is 0.355 e. The van der Waals surface area contributed by atoms with Gasteiger partial charge in [0.1, 0.15) is 17.2 Å². The summed E-state index contributed by atoms with van der Waals surface area (Å²) in [6.45, 7) is 0. The summed E-state index contributed by atoms with van der Waals surface area (Å²) in [6.07, 6.45) is 0. The van der Waals surface area contributed by atoms with E-state index < -0.39 is 35.1 Å². The Balaban J connectivity index is 2.61. The lowest BCUT2D eigenvalue weighted by atomic mass is 9.80. The van der Waals surface area contributed by atoms with Gasteiger partial charge in [-0.15, -0.1) is 0 Å². The topological polar surface area (TPSA) is 171 Å². The summed E-state index contributed by atoms with van der Waals surface area (Å²) >= 11 is 0. The Bertz CT molecular complexity index is 1390. The third-order valence-electron chi connectivity index (χ3n) is 5.87. The van der Waals surface area contributed by atoms with Crippen LogP contribution in [0, 0.1) is 11.3 Å². The van der Waals surface area contributed by atoms with Gasteiger partial charge in [-0.25, -0.2) is 14.4 Å². The fourth-order valence-corrected chi connectivity index (χ4v) is 4.27. The molecule has 0 bridgehead atoms. The van der Waals surface area contributed by atoms with Gasteiger partial charge in [0, 0.05) is 6.07 Å². The number of anilines is 1. The van der Waals surface area contributed by atoms with Gasteiger partial charge in [-0.05, 0) is 5.56 Å². The number of carbonyl (C=O) groups is 3. The van der Waals surface area contributed by atoms with Crippen molar-refractivity contribution in [1.82, 2.24) is 0 Å². The molecule has 2 aromatic carbocycles. The van der Waals surface area contributed by atoms with Crippen molar-refractivity contribution in [2.45, 2.75) is 5.92 Å². The van der Waals surface area contributed by atoms with Gasteiger partial charge in [-0.3, -0.25) is 4.90 Å². The molecule has 198 valence electrons. The van der Waals surface area contributed by atoms with Gasteiger partial charge in [0.05, 0.1) is 64.2 Å². The molecular formula is C26H25N3O9. The molecule has 0 saturated heterocycles. The second-order valence-corrected chi connectivity index (χ2v) is 7.68. The molecule has 3 N–H and O–H groups in total. The molecule has 0 spiro atoms. The molecule has 0 fully saturated rings. The van der Waals surface area contributed by atoms with E-state index >= 15 is 0 Å². The molecule has 0 aliphatic carbocycles. The fourth-order valence-electron chi connectivity index (χ4n) is 4.27. The molecule has 3 rings (SSSR count). The van der Waals surface area contributed by atoms with Crippen molar-refractivity contribution in [3.05, 3.63) is 70.2 Å². The maximum Gasteiger partial charge on any atom is 0.355 e. The highest BCUT2D eigenvalue weighted by atomic mass is 16.5. The highest BCUT2D eigenvalue weighted by molar-refractivity contribution is 6.09. The molecule has 1 heterocycles. The first-order valence-electron chi connectivity index (χ1n) is 10.9. The Kier molecular flexibility index (Phi) is 8.12. The number of methoxy groups -OCH3 is 5. The van der Waals surface area contributed by atoms with Crippen LogP contribution in [-0.2, 0) is 19.1 Å². The number of hydrogen-bond acceptors (Lipinski definition) is 11. The number of rotatable bonds is 8. The van der Waals surface area contributed by atoms with Gasteiger partial charge >= 0.3 is 17.9 Å². The Morgan fingerprint density at radius 2 is 1.55 bits per heavy atom. The van der Waals surface area contributed by atoms with E-state index in [2.05, 4.69) is 0 Å². The SMILES string of the molecule is COC(=O)C1=C(C(=O)OC)N(c2c(C(=O)O)cc(OC)c(OC)c2OC)C(N)=C(C#N)C1c1ccccc1. The summed E-state index contributed by atoms with van der Waals surface area (Å²) in [7, 11) is 6.00. The molecule has 0 amide bonds. The Morgan fingerprint density at radius 1 is 0.947 bits per heavy atom. The lowest BCUT2D eigenvalue weighted by Crippen LogP contribution is -2.41. The van der Waals surface area contributed by atoms with Crippen LogP contribution in [0.4, 0.5) is 5.69 Å². The second kappa shape index (κ2) is 11.3. The largest absolute Gasteiger partial charge is 0.493 e. The Labute approximate surface area is 218 Å². The van der Waals surface area contributed by atoms with Crippen molar-refractivity contribution in [3.63, 3.8) is 0 Å². The van der Waals surface area contributed by atoms with E-state index in [9.17, 15) is 24.8 Å². The molecular weight excluding hydrogens is 498 g/mol. The number of aromatic carboxylic acids is 1. The van der Waals surface area contributed by atoms with Crippen molar-refractivity contribution < 1.29 is 43.2 Å². The number of nitrogens with two attached hydrogens (primary N) is 1. The molecule has 0 aromatic heterocycles. The van der Waals surface area contributed by atoms with Gasteiger partial charge in [-0.2, -0.15) is 5.26 Å². The predicted octanol–water partition coefficient (Wildman–Crippen LogP) is 2.31. The van der Waals surface area contributed by atoms with E-state index in [1.54, 1.807) is 30.3 Å². The standard InChI is InChI=1S/C26H25N3O9/c1-34-16-11-14(24(30)31)19(22(36-3)21(16)35-2)29-20(26(33)38-5)18(25(32)37-4)17(15(12-27)23(29)28)13-9-7-6-8-10-13/h6-11,17H,28H2,1-5H3,(H,30,31). The average Bonchev–Trinajstić information content (AvgIpc) is 2.94. The number of carbonyl (C=O) groups excluding carboxylic acids is 2. The Morgan fingerprint density at radius 3 is 2.03 bits per heavy atom. The van der Waals surface area contributed by atoms with E-state index in [1.807, 2.05) is 6.07 Å². The number of carboxylic acids is 1. The molecule has 1 aliphatic heterocycles. The van der Waals surface area contributed by atoms with Crippen molar-refractivity contribution >= 4 is 23.6 Å². The molecule has 12 nitrogen and oxygen atoms in total. The zero-order valence-electron chi connectivity index (χ0n) is 21.2. The van der Waals surface area contributed by atoms with Crippen LogP contribution in [0.25, 0.3) is 0 Å². The molecule has 38 heavy (non-hydrogen) atoms. The van der Waals surface area contributed by atoms with Gasteiger partial charge in [0.25, 0.3) is 0 Å². The van der Waals surface area contributed by atoms with Crippen LogP contribution in [0.15, 0.2) is 59.1 Å². The van der Waals surface area contributed by atoms with Crippen molar-refractivity contribution in [2.24, 2.45) is 5.73 Å².